The Labute approximate surface area is 91.0 Å². The van der Waals surface area contributed by atoms with Crippen LogP contribution >= 0.6 is 15.9 Å². The lowest BCUT2D eigenvalue weighted by Gasteiger charge is -2.17. The van der Waals surface area contributed by atoms with E-state index in [-0.39, 0.29) is 5.91 Å². The molecule has 0 aliphatic heterocycles. The molecule has 1 aromatic rings. The van der Waals surface area contributed by atoms with Crippen LogP contribution in [0.5, 0.6) is 0 Å². The maximum absolute atomic E-state index is 11.1. The number of nitrogen functional groups attached to an aromatic ring is 2. The van der Waals surface area contributed by atoms with E-state index in [2.05, 4.69) is 15.9 Å². The van der Waals surface area contributed by atoms with Crippen LogP contribution in [0.3, 0.4) is 0 Å². The first-order valence-electron chi connectivity index (χ1n) is 4.02. The van der Waals surface area contributed by atoms with Gasteiger partial charge in [-0.3, -0.25) is 4.79 Å². The quantitative estimate of drug-likeness (QED) is 0.751. The Hall–Kier alpha value is -1.23. The van der Waals surface area contributed by atoms with Gasteiger partial charge in [0.15, 0.2) is 0 Å². The van der Waals surface area contributed by atoms with Gasteiger partial charge in [0.25, 0.3) is 0 Å². The second-order valence-corrected chi connectivity index (χ2v) is 3.86. The molecule has 0 saturated carbocycles. The molecule has 4 N–H and O–H groups in total. The standard InChI is InChI=1S/C9H12BrN3O/c1-5(14)13(2)9-4-8(12)7(11)3-6(9)10/h3-4H,11-12H2,1-2H3. The summed E-state index contributed by atoms with van der Waals surface area (Å²) in [4.78, 5) is 12.6. The van der Waals surface area contributed by atoms with E-state index in [1.807, 2.05) is 0 Å². The van der Waals surface area contributed by atoms with Gasteiger partial charge in [0.05, 0.1) is 17.1 Å². The van der Waals surface area contributed by atoms with E-state index in [4.69, 9.17) is 11.5 Å². The van der Waals surface area contributed by atoms with Gasteiger partial charge < -0.3 is 16.4 Å². The summed E-state index contributed by atoms with van der Waals surface area (Å²) in [6.07, 6.45) is 0. The third-order valence-electron chi connectivity index (χ3n) is 1.99. The van der Waals surface area contributed by atoms with Gasteiger partial charge in [-0.15, -0.1) is 0 Å². The molecular weight excluding hydrogens is 246 g/mol. The number of hydrogen-bond donors (Lipinski definition) is 2. The van der Waals surface area contributed by atoms with Gasteiger partial charge in [-0.25, -0.2) is 0 Å². The molecule has 0 spiro atoms. The predicted molar refractivity (Wildman–Crippen MR) is 62.1 cm³/mol. The summed E-state index contributed by atoms with van der Waals surface area (Å²) in [5.74, 6) is -0.0603. The van der Waals surface area contributed by atoms with Crippen LogP contribution in [0.25, 0.3) is 0 Å². The summed E-state index contributed by atoms with van der Waals surface area (Å²) in [7, 11) is 1.68. The zero-order valence-electron chi connectivity index (χ0n) is 8.04. The molecule has 0 bridgehead atoms. The summed E-state index contributed by atoms with van der Waals surface area (Å²) in [6.45, 7) is 1.49. The van der Waals surface area contributed by atoms with Crippen molar-refractivity contribution in [3.8, 4) is 0 Å². The highest BCUT2D eigenvalue weighted by atomic mass is 79.9. The second kappa shape index (κ2) is 3.88. The smallest absolute Gasteiger partial charge is 0.223 e. The molecule has 1 amide bonds. The number of amides is 1. The number of nitrogens with two attached hydrogens (primary N) is 2. The first kappa shape index (κ1) is 10.8. The van der Waals surface area contributed by atoms with Gasteiger partial charge in [-0.05, 0) is 28.1 Å². The number of hydrogen-bond acceptors (Lipinski definition) is 3. The number of anilines is 3. The molecule has 4 nitrogen and oxygen atoms in total. The van der Waals surface area contributed by atoms with Crippen molar-refractivity contribution in [2.75, 3.05) is 23.4 Å². The minimum atomic E-state index is -0.0603. The average Bonchev–Trinajstić information content (AvgIpc) is 2.10. The van der Waals surface area contributed by atoms with Crippen molar-refractivity contribution in [3.63, 3.8) is 0 Å². The van der Waals surface area contributed by atoms with Crippen molar-refractivity contribution in [2.24, 2.45) is 0 Å². The van der Waals surface area contributed by atoms with Crippen molar-refractivity contribution in [1.82, 2.24) is 0 Å². The Morgan fingerprint density at radius 1 is 1.36 bits per heavy atom. The third-order valence-corrected chi connectivity index (χ3v) is 2.62. The average molecular weight is 258 g/mol. The molecule has 0 radical (unpaired) electrons. The first-order chi connectivity index (χ1) is 6.43. The lowest BCUT2D eigenvalue weighted by Crippen LogP contribution is -2.23. The molecule has 0 saturated heterocycles. The summed E-state index contributed by atoms with van der Waals surface area (Å²) in [5, 5.41) is 0. The Kier molecular flexibility index (Phi) is 3.00. The molecule has 5 heteroatoms. The van der Waals surface area contributed by atoms with Gasteiger partial charge in [-0.2, -0.15) is 0 Å². The van der Waals surface area contributed by atoms with Crippen LogP contribution < -0.4 is 16.4 Å². The number of carbonyl (C=O) groups excluding carboxylic acids is 1. The van der Waals surface area contributed by atoms with E-state index in [1.165, 1.54) is 11.8 Å². The summed E-state index contributed by atoms with van der Waals surface area (Å²) < 4.78 is 0.752. The SMILES string of the molecule is CC(=O)N(C)c1cc(N)c(N)cc1Br. The summed E-state index contributed by atoms with van der Waals surface area (Å²) in [6, 6.07) is 3.35. The summed E-state index contributed by atoms with van der Waals surface area (Å²) in [5.41, 5.74) is 12.9. The molecule has 0 unspecified atom stereocenters. The van der Waals surface area contributed by atoms with Crippen LogP contribution in [0.15, 0.2) is 16.6 Å². The third kappa shape index (κ3) is 1.98. The number of halogens is 1. The van der Waals surface area contributed by atoms with E-state index in [9.17, 15) is 4.79 Å². The van der Waals surface area contributed by atoms with Gasteiger partial charge >= 0.3 is 0 Å². The molecule has 0 atom stereocenters. The topological polar surface area (TPSA) is 72.3 Å². The van der Waals surface area contributed by atoms with E-state index in [1.54, 1.807) is 19.2 Å². The lowest BCUT2D eigenvalue weighted by molar-refractivity contribution is -0.116. The minimum Gasteiger partial charge on any atom is -0.397 e. The molecule has 0 aliphatic rings. The predicted octanol–water partition coefficient (Wildman–Crippen LogP) is 1.60. The van der Waals surface area contributed by atoms with E-state index in [0.717, 1.165) is 4.47 Å². The number of carbonyl (C=O) groups is 1. The highest BCUT2D eigenvalue weighted by Crippen LogP contribution is 2.31. The van der Waals surface area contributed by atoms with E-state index in [0.29, 0.717) is 17.1 Å². The van der Waals surface area contributed by atoms with Gasteiger partial charge in [0.1, 0.15) is 0 Å². The van der Waals surface area contributed by atoms with Crippen molar-refractivity contribution < 1.29 is 4.79 Å². The fourth-order valence-corrected chi connectivity index (χ4v) is 1.65. The Morgan fingerprint density at radius 3 is 2.36 bits per heavy atom. The molecule has 0 fully saturated rings. The maximum atomic E-state index is 11.1. The molecule has 0 aliphatic carbocycles. The Bertz CT molecular complexity index is 379. The van der Waals surface area contributed by atoms with E-state index < -0.39 is 0 Å². The van der Waals surface area contributed by atoms with Crippen LogP contribution in [0.4, 0.5) is 17.1 Å². The van der Waals surface area contributed by atoms with E-state index >= 15 is 0 Å². The van der Waals surface area contributed by atoms with Crippen molar-refractivity contribution in [3.05, 3.63) is 16.6 Å². The highest BCUT2D eigenvalue weighted by Gasteiger charge is 2.11. The maximum Gasteiger partial charge on any atom is 0.223 e. The minimum absolute atomic E-state index is 0.0603. The number of rotatable bonds is 1. The molecule has 1 rings (SSSR count). The molecule has 1 aromatic carbocycles. The lowest BCUT2D eigenvalue weighted by atomic mass is 10.2. The molecular formula is C9H12BrN3O. The first-order valence-corrected chi connectivity index (χ1v) is 4.81. The van der Waals surface area contributed by atoms with Crippen LogP contribution in [-0.2, 0) is 4.79 Å². The van der Waals surface area contributed by atoms with Crippen molar-refractivity contribution in [2.45, 2.75) is 6.92 Å². The molecule has 14 heavy (non-hydrogen) atoms. The van der Waals surface area contributed by atoms with Gasteiger partial charge in [-0.1, -0.05) is 0 Å². The van der Waals surface area contributed by atoms with Crippen molar-refractivity contribution in [1.29, 1.82) is 0 Å². The second-order valence-electron chi connectivity index (χ2n) is 3.01. The molecule has 0 aromatic heterocycles. The van der Waals surface area contributed by atoms with Crippen LogP contribution in [-0.4, -0.2) is 13.0 Å². The Balaban J connectivity index is 3.22. The van der Waals surface area contributed by atoms with Gasteiger partial charge in [0.2, 0.25) is 5.91 Å². The largest absolute Gasteiger partial charge is 0.397 e. The highest BCUT2D eigenvalue weighted by molar-refractivity contribution is 9.10. The number of benzene rings is 1. The fourth-order valence-electron chi connectivity index (χ4n) is 1.02. The zero-order valence-corrected chi connectivity index (χ0v) is 9.63. The van der Waals surface area contributed by atoms with Crippen LogP contribution in [0, 0.1) is 0 Å². The monoisotopic (exact) mass is 257 g/mol. The van der Waals surface area contributed by atoms with Crippen LogP contribution in [0.1, 0.15) is 6.92 Å². The normalized spacial score (nSPS) is 9.93. The summed E-state index contributed by atoms with van der Waals surface area (Å²) >= 11 is 3.32. The zero-order chi connectivity index (χ0) is 10.9. The van der Waals surface area contributed by atoms with Gasteiger partial charge in [0, 0.05) is 18.4 Å². The van der Waals surface area contributed by atoms with Crippen LogP contribution in [0.2, 0.25) is 0 Å². The Morgan fingerprint density at radius 2 is 1.86 bits per heavy atom. The molecule has 0 heterocycles. The molecule has 76 valence electrons. The number of nitrogens with zero attached hydrogens (tertiary/aromatic N) is 1. The van der Waals surface area contributed by atoms with Crippen molar-refractivity contribution >= 4 is 38.9 Å². The fraction of sp³-hybridized carbons (Fsp3) is 0.222.